The molecule has 1 N–H and O–H groups in total. The number of ether oxygens (including phenoxy) is 1. The van der Waals surface area contributed by atoms with Crippen molar-refractivity contribution in [3.05, 3.63) is 18.5 Å². The Hall–Kier alpha value is -1.69. The Kier molecular flexibility index (Phi) is 5.43. The standard InChI is InChI=1S/C17H26N4O2/c1-21-11-2-4-13(12-21)16(22)20-14-5-7-15(8-6-14)23-17-18-9-3-10-19-17/h3,9-10,13-15H,2,4-8,11-12H2,1H3,(H,20,22). The molecule has 1 amide bonds. The number of piperidine rings is 1. The molecule has 2 aliphatic rings. The highest BCUT2D eigenvalue weighted by Crippen LogP contribution is 2.23. The first-order valence-corrected chi connectivity index (χ1v) is 8.63. The van der Waals surface area contributed by atoms with Crippen molar-refractivity contribution in [1.82, 2.24) is 20.2 Å². The second-order valence-electron chi connectivity index (χ2n) is 6.73. The molecule has 23 heavy (non-hydrogen) atoms. The van der Waals surface area contributed by atoms with E-state index in [1.165, 1.54) is 0 Å². The number of hydrogen-bond acceptors (Lipinski definition) is 5. The summed E-state index contributed by atoms with van der Waals surface area (Å²) in [5, 5.41) is 3.24. The van der Waals surface area contributed by atoms with Gasteiger partial charge in [-0.15, -0.1) is 0 Å². The van der Waals surface area contributed by atoms with Crippen molar-refractivity contribution in [2.24, 2.45) is 5.92 Å². The molecule has 0 spiro atoms. The maximum Gasteiger partial charge on any atom is 0.316 e. The molecule has 0 bridgehead atoms. The molecule has 1 saturated heterocycles. The van der Waals surface area contributed by atoms with Crippen LogP contribution in [-0.2, 0) is 4.79 Å². The number of likely N-dealkylation sites (tertiary alicyclic amines) is 1. The fourth-order valence-corrected chi connectivity index (χ4v) is 3.52. The molecule has 6 heteroatoms. The molecule has 1 aromatic heterocycles. The molecular weight excluding hydrogens is 292 g/mol. The van der Waals surface area contributed by atoms with E-state index in [0.717, 1.165) is 51.6 Å². The summed E-state index contributed by atoms with van der Waals surface area (Å²) >= 11 is 0. The van der Waals surface area contributed by atoms with E-state index in [1.54, 1.807) is 18.5 Å². The van der Waals surface area contributed by atoms with Crippen LogP contribution in [0.3, 0.4) is 0 Å². The summed E-state index contributed by atoms with van der Waals surface area (Å²) in [4.78, 5) is 22.8. The minimum absolute atomic E-state index is 0.153. The third-order valence-electron chi connectivity index (χ3n) is 4.83. The first-order valence-electron chi connectivity index (χ1n) is 8.63. The molecule has 2 heterocycles. The first kappa shape index (κ1) is 16.2. The van der Waals surface area contributed by atoms with Gasteiger partial charge in [0.25, 0.3) is 0 Å². The third kappa shape index (κ3) is 4.64. The van der Waals surface area contributed by atoms with E-state index in [9.17, 15) is 4.79 Å². The number of carbonyl (C=O) groups is 1. The number of rotatable bonds is 4. The second-order valence-corrected chi connectivity index (χ2v) is 6.73. The Balaban J connectivity index is 1.41. The van der Waals surface area contributed by atoms with Gasteiger partial charge in [-0.05, 0) is 58.2 Å². The van der Waals surface area contributed by atoms with Crippen LogP contribution < -0.4 is 10.1 Å². The van der Waals surface area contributed by atoms with Crippen molar-refractivity contribution in [1.29, 1.82) is 0 Å². The quantitative estimate of drug-likeness (QED) is 0.914. The molecule has 1 aromatic rings. The van der Waals surface area contributed by atoms with E-state index in [2.05, 4.69) is 27.2 Å². The van der Waals surface area contributed by atoms with E-state index in [-0.39, 0.29) is 24.0 Å². The van der Waals surface area contributed by atoms with Crippen molar-refractivity contribution in [2.45, 2.75) is 50.7 Å². The minimum atomic E-state index is 0.153. The zero-order chi connectivity index (χ0) is 16.1. The van der Waals surface area contributed by atoms with Gasteiger partial charge in [0, 0.05) is 25.0 Å². The summed E-state index contributed by atoms with van der Waals surface area (Å²) in [5.74, 6) is 0.382. The van der Waals surface area contributed by atoms with Crippen LogP contribution in [0.2, 0.25) is 0 Å². The number of nitrogens with one attached hydrogen (secondary N) is 1. The molecule has 0 radical (unpaired) electrons. The van der Waals surface area contributed by atoms with Crippen LogP contribution in [0.1, 0.15) is 38.5 Å². The second kappa shape index (κ2) is 7.73. The lowest BCUT2D eigenvalue weighted by Gasteiger charge is -2.32. The highest BCUT2D eigenvalue weighted by molar-refractivity contribution is 5.79. The third-order valence-corrected chi connectivity index (χ3v) is 4.83. The Bertz CT molecular complexity index is 503. The van der Waals surface area contributed by atoms with Gasteiger partial charge in [0.2, 0.25) is 5.91 Å². The van der Waals surface area contributed by atoms with E-state index in [0.29, 0.717) is 6.01 Å². The maximum atomic E-state index is 12.4. The molecule has 126 valence electrons. The van der Waals surface area contributed by atoms with Crippen molar-refractivity contribution < 1.29 is 9.53 Å². The lowest BCUT2D eigenvalue weighted by molar-refractivity contribution is -0.127. The maximum absolute atomic E-state index is 12.4. The Morgan fingerprint density at radius 3 is 2.65 bits per heavy atom. The Morgan fingerprint density at radius 2 is 1.96 bits per heavy atom. The van der Waals surface area contributed by atoms with Gasteiger partial charge in [0.15, 0.2) is 0 Å². The molecule has 1 saturated carbocycles. The summed E-state index contributed by atoms with van der Waals surface area (Å²) in [5.41, 5.74) is 0. The van der Waals surface area contributed by atoms with E-state index >= 15 is 0 Å². The number of nitrogens with zero attached hydrogens (tertiary/aromatic N) is 3. The smallest absolute Gasteiger partial charge is 0.316 e. The Morgan fingerprint density at radius 1 is 1.22 bits per heavy atom. The van der Waals surface area contributed by atoms with E-state index in [1.807, 2.05) is 0 Å². The van der Waals surface area contributed by atoms with Gasteiger partial charge in [0.1, 0.15) is 6.10 Å². The van der Waals surface area contributed by atoms with Gasteiger partial charge in [-0.3, -0.25) is 4.79 Å². The van der Waals surface area contributed by atoms with Gasteiger partial charge < -0.3 is 15.0 Å². The van der Waals surface area contributed by atoms with Crippen molar-refractivity contribution in [2.75, 3.05) is 20.1 Å². The number of aromatic nitrogens is 2. The number of carbonyl (C=O) groups excluding carboxylic acids is 1. The summed E-state index contributed by atoms with van der Waals surface area (Å²) in [6.07, 6.45) is 9.47. The summed E-state index contributed by atoms with van der Waals surface area (Å²) in [7, 11) is 2.09. The van der Waals surface area contributed by atoms with Crippen molar-refractivity contribution in [3.63, 3.8) is 0 Å². The highest BCUT2D eigenvalue weighted by Gasteiger charge is 2.28. The largest absolute Gasteiger partial charge is 0.460 e. The predicted octanol–water partition coefficient (Wildman–Crippen LogP) is 1.62. The molecule has 3 rings (SSSR count). The van der Waals surface area contributed by atoms with Gasteiger partial charge >= 0.3 is 6.01 Å². The highest BCUT2D eigenvalue weighted by atomic mass is 16.5. The Labute approximate surface area is 137 Å². The van der Waals surface area contributed by atoms with Crippen LogP contribution in [0.25, 0.3) is 0 Å². The lowest BCUT2D eigenvalue weighted by Crippen LogP contribution is -2.46. The van der Waals surface area contributed by atoms with Crippen LogP contribution in [0.15, 0.2) is 18.5 Å². The molecular formula is C17H26N4O2. The van der Waals surface area contributed by atoms with Crippen LogP contribution in [0, 0.1) is 5.92 Å². The van der Waals surface area contributed by atoms with E-state index in [4.69, 9.17) is 4.74 Å². The summed E-state index contributed by atoms with van der Waals surface area (Å²) in [6.45, 7) is 1.99. The monoisotopic (exact) mass is 318 g/mol. The average molecular weight is 318 g/mol. The topological polar surface area (TPSA) is 67.4 Å². The molecule has 2 fully saturated rings. The summed E-state index contributed by atoms with van der Waals surface area (Å²) < 4.78 is 5.80. The minimum Gasteiger partial charge on any atom is -0.460 e. The van der Waals surface area contributed by atoms with Gasteiger partial charge in [-0.25, -0.2) is 9.97 Å². The number of hydrogen-bond donors (Lipinski definition) is 1. The van der Waals surface area contributed by atoms with Gasteiger partial charge in [-0.2, -0.15) is 0 Å². The zero-order valence-electron chi connectivity index (χ0n) is 13.8. The molecule has 1 atom stereocenters. The van der Waals surface area contributed by atoms with Crippen LogP contribution in [-0.4, -0.2) is 53.1 Å². The molecule has 0 aromatic carbocycles. The lowest BCUT2D eigenvalue weighted by atomic mass is 9.91. The SMILES string of the molecule is CN1CCCC(C(=O)NC2CCC(Oc3ncccn3)CC2)C1. The van der Waals surface area contributed by atoms with Gasteiger partial charge in [-0.1, -0.05) is 0 Å². The molecule has 1 unspecified atom stereocenters. The van der Waals surface area contributed by atoms with E-state index < -0.39 is 0 Å². The van der Waals surface area contributed by atoms with Crippen molar-refractivity contribution >= 4 is 5.91 Å². The zero-order valence-corrected chi connectivity index (χ0v) is 13.8. The number of amides is 1. The average Bonchev–Trinajstić information content (AvgIpc) is 2.57. The fraction of sp³-hybridized carbons (Fsp3) is 0.706. The fourth-order valence-electron chi connectivity index (χ4n) is 3.52. The van der Waals surface area contributed by atoms with Crippen molar-refractivity contribution in [3.8, 4) is 6.01 Å². The summed E-state index contributed by atoms with van der Waals surface area (Å²) in [6, 6.07) is 2.51. The van der Waals surface area contributed by atoms with Crippen LogP contribution >= 0.6 is 0 Å². The van der Waals surface area contributed by atoms with Crippen LogP contribution in [0.4, 0.5) is 0 Å². The molecule has 1 aliphatic heterocycles. The van der Waals surface area contributed by atoms with Crippen LogP contribution in [0.5, 0.6) is 6.01 Å². The molecule has 6 nitrogen and oxygen atoms in total. The first-order chi connectivity index (χ1) is 11.2. The molecule has 1 aliphatic carbocycles. The normalized spacial score (nSPS) is 29.0. The van der Waals surface area contributed by atoms with Gasteiger partial charge in [0.05, 0.1) is 5.92 Å². The predicted molar refractivity (Wildman–Crippen MR) is 87.1 cm³/mol.